The Kier molecular flexibility index (Phi) is 5.81. The number of rotatable bonds is 6. The van der Waals surface area contributed by atoms with Crippen molar-refractivity contribution in [2.24, 2.45) is 0 Å². The van der Waals surface area contributed by atoms with E-state index < -0.39 is 42.3 Å². The predicted molar refractivity (Wildman–Crippen MR) is 116 cm³/mol. The topological polar surface area (TPSA) is 46.2 Å². The molecule has 2 fully saturated rings. The van der Waals surface area contributed by atoms with Crippen molar-refractivity contribution in [1.29, 1.82) is 0 Å². The van der Waals surface area contributed by atoms with Gasteiger partial charge in [-0.3, -0.25) is 0 Å². The molecule has 2 aliphatic rings. The van der Waals surface area contributed by atoms with Gasteiger partial charge in [-0.2, -0.15) is 0 Å². The Hall–Kier alpha value is -0.850. The van der Waals surface area contributed by atoms with E-state index in [9.17, 15) is 0 Å². The molecule has 1 aromatic carbocycles. The Labute approximate surface area is 177 Å². The fourth-order valence-electron chi connectivity index (χ4n) is 3.42. The van der Waals surface area contributed by atoms with E-state index in [1.54, 1.807) is 0 Å². The lowest BCUT2D eigenvalue weighted by atomic mass is 9.64. The van der Waals surface area contributed by atoms with Crippen LogP contribution < -0.4 is 0 Å². The summed E-state index contributed by atoms with van der Waals surface area (Å²) in [4.78, 5) is 0. The fourth-order valence-corrected chi connectivity index (χ4v) is 3.42. The van der Waals surface area contributed by atoms with Crippen molar-refractivity contribution in [3.8, 4) is 0 Å². The monoisotopic (exact) mass is 402 g/mol. The Morgan fingerprint density at radius 1 is 0.759 bits per heavy atom. The van der Waals surface area contributed by atoms with Crippen molar-refractivity contribution in [1.82, 2.24) is 0 Å². The van der Waals surface area contributed by atoms with Gasteiger partial charge in [-0.05, 0) is 80.7 Å². The molecule has 5 nitrogen and oxygen atoms in total. The molecule has 3 rings (SSSR count). The first-order chi connectivity index (χ1) is 13.2. The summed E-state index contributed by atoms with van der Waals surface area (Å²) in [6, 6.07) is 10.4. The summed E-state index contributed by atoms with van der Waals surface area (Å²) in [5.41, 5.74) is -1.31. The Morgan fingerprint density at radius 2 is 1.21 bits per heavy atom. The summed E-state index contributed by atoms with van der Waals surface area (Å²) in [5.74, 6) is 0. The standard InChI is InChI=1S/C22H36B2O5/c1-18(2)19(3,4)26-23(25-18)22(9,16-15-17-13-11-10-12-14-17)29-24-27-20(5,6)21(7,8)28-24/h10-14H,15-16H2,1-9H3. The molecule has 2 aliphatic heterocycles. The Bertz CT molecular complexity index is 687. The van der Waals surface area contributed by atoms with E-state index in [-0.39, 0.29) is 0 Å². The maximum atomic E-state index is 6.47. The average Bonchev–Trinajstić information content (AvgIpc) is 2.93. The van der Waals surface area contributed by atoms with Crippen LogP contribution in [-0.4, -0.2) is 42.3 Å². The van der Waals surface area contributed by atoms with Crippen LogP contribution in [0.2, 0.25) is 0 Å². The lowest BCUT2D eigenvalue weighted by Crippen LogP contribution is -2.52. The Balaban J connectivity index is 1.82. The van der Waals surface area contributed by atoms with Gasteiger partial charge in [0.2, 0.25) is 0 Å². The molecule has 0 bridgehead atoms. The molecular formula is C22H36B2O5. The van der Waals surface area contributed by atoms with Crippen LogP contribution in [0.15, 0.2) is 30.3 Å². The molecule has 7 heteroatoms. The van der Waals surface area contributed by atoms with Crippen LogP contribution in [0.5, 0.6) is 0 Å². The molecule has 0 aromatic heterocycles. The molecule has 0 N–H and O–H groups in total. The van der Waals surface area contributed by atoms with Crippen LogP contribution in [0.3, 0.4) is 0 Å². The molecule has 1 unspecified atom stereocenters. The van der Waals surface area contributed by atoms with Crippen LogP contribution in [-0.2, 0) is 29.7 Å². The zero-order chi connectivity index (χ0) is 21.7. The second kappa shape index (κ2) is 7.38. The molecule has 160 valence electrons. The van der Waals surface area contributed by atoms with Crippen LogP contribution >= 0.6 is 0 Å². The minimum Gasteiger partial charge on any atom is -0.401 e. The highest BCUT2D eigenvalue weighted by molar-refractivity contribution is 6.51. The summed E-state index contributed by atoms with van der Waals surface area (Å²) >= 11 is 0. The van der Waals surface area contributed by atoms with E-state index in [1.165, 1.54) is 5.56 Å². The van der Waals surface area contributed by atoms with Gasteiger partial charge in [0, 0.05) is 0 Å². The predicted octanol–water partition coefficient (Wildman–Crippen LogP) is 4.61. The van der Waals surface area contributed by atoms with E-state index in [2.05, 4.69) is 52.0 Å². The number of hydrogen-bond acceptors (Lipinski definition) is 5. The average molecular weight is 402 g/mol. The maximum Gasteiger partial charge on any atom is 0.640 e. The third-order valence-electron chi connectivity index (χ3n) is 7.10. The maximum absolute atomic E-state index is 6.47. The smallest absolute Gasteiger partial charge is 0.401 e. The summed E-state index contributed by atoms with van der Waals surface area (Å²) in [6.07, 6.45) is 1.54. The van der Waals surface area contributed by atoms with Crippen molar-refractivity contribution in [2.45, 2.75) is 103 Å². The molecule has 0 radical (unpaired) electrons. The molecule has 2 heterocycles. The summed E-state index contributed by atoms with van der Waals surface area (Å²) in [7, 11) is -1.31. The van der Waals surface area contributed by atoms with Gasteiger partial charge in [-0.1, -0.05) is 30.3 Å². The van der Waals surface area contributed by atoms with Crippen molar-refractivity contribution in [2.75, 3.05) is 0 Å². The van der Waals surface area contributed by atoms with Gasteiger partial charge < -0.3 is 23.3 Å². The highest BCUT2D eigenvalue weighted by Crippen LogP contribution is 2.44. The number of hydrogen-bond donors (Lipinski definition) is 0. The second-order valence-corrected chi connectivity index (χ2v) is 10.5. The highest BCUT2D eigenvalue weighted by atomic mass is 16.8. The van der Waals surface area contributed by atoms with E-state index in [4.69, 9.17) is 23.3 Å². The second-order valence-electron chi connectivity index (χ2n) is 10.5. The summed E-state index contributed by atoms with van der Waals surface area (Å²) < 4.78 is 31.5. The fraction of sp³-hybridized carbons (Fsp3) is 0.727. The zero-order valence-corrected chi connectivity index (χ0v) is 19.5. The van der Waals surface area contributed by atoms with Crippen molar-refractivity contribution < 1.29 is 23.3 Å². The molecule has 0 aliphatic carbocycles. The summed E-state index contributed by atoms with van der Waals surface area (Å²) in [5, 5.41) is 0. The zero-order valence-electron chi connectivity index (χ0n) is 19.5. The summed E-state index contributed by atoms with van der Waals surface area (Å²) in [6.45, 7) is 18.3. The minimum atomic E-state index is -0.778. The van der Waals surface area contributed by atoms with Gasteiger partial charge in [0.05, 0.1) is 27.9 Å². The van der Waals surface area contributed by atoms with Gasteiger partial charge in [0.1, 0.15) is 0 Å². The van der Waals surface area contributed by atoms with Gasteiger partial charge in [-0.15, -0.1) is 0 Å². The third kappa shape index (κ3) is 4.45. The first-order valence-corrected chi connectivity index (χ1v) is 10.6. The first kappa shape index (κ1) is 22.8. The van der Waals surface area contributed by atoms with Crippen LogP contribution in [0.25, 0.3) is 0 Å². The number of aryl methyl sites for hydroxylation is 1. The molecule has 0 spiro atoms. The quantitative estimate of drug-likeness (QED) is 0.651. The van der Waals surface area contributed by atoms with Gasteiger partial charge in [0.25, 0.3) is 0 Å². The highest BCUT2D eigenvalue weighted by Gasteiger charge is 2.62. The molecule has 1 atom stereocenters. The van der Waals surface area contributed by atoms with Crippen molar-refractivity contribution >= 4 is 14.4 Å². The minimum absolute atomic E-state index is 0.440. The van der Waals surface area contributed by atoms with Crippen LogP contribution in [0.1, 0.15) is 74.3 Å². The molecule has 29 heavy (non-hydrogen) atoms. The SMILES string of the molecule is CC(CCc1ccccc1)(OB1OC(C)(C)C(C)(C)O1)B1OC(C)(C)C(C)(C)O1. The van der Waals surface area contributed by atoms with Gasteiger partial charge in [0.15, 0.2) is 0 Å². The Morgan fingerprint density at radius 3 is 1.69 bits per heavy atom. The number of benzene rings is 1. The van der Waals surface area contributed by atoms with Gasteiger partial charge >= 0.3 is 14.4 Å². The largest absolute Gasteiger partial charge is 0.640 e. The lowest BCUT2D eigenvalue weighted by molar-refractivity contribution is 0.00578. The molecule has 0 saturated carbocycles. The van der Waals surface area contributed by atoms with E-state index in [1.807, 2.05) is 40.7 Å². The molecule has 0 amide bonds. The van der Waals surface area contributed by atoms with E-state index >= 15 is 0 Å². The van der Waals surface area contributed by atoms with Gasteiger partial charge in [-0.25, -0.2) is 0 Å². The van der Waals surface area contributed by atoms with E-state index in [0.29, 0.717) is 6.42 Å². The van der Waals surface area contributed by atoms with E-state index in [0.717, 1.165) is 6.42 Å². The lowest BCUT2D eigenvalue weighted by Gasteiger charge is -2.33. The van der Waals surface area contributed by atoms with Crippen LogP contribution in [0, 0.1) is 0 Å². The first-order valence-electron chi connectivity index (χ1n) is 10.6. The van der Waals surface area contributed by atoms with Crippen LogP contribution in [0.4, 0.5) is 0 Å². The molecule has 1 aromatic rings. The third-order valence-corrected chi connectivity index (χ3v) is 7.10. The molecule has 2 saturated heterocycles. The van der Waals surface area contributed by atoms with Crippen molar-refractivity contribution in [3.63, 3.8) is 0 Å². The normalized spacial score (nSPS) is 26.5. The molecular weight excluding hydrogens is 366 g/mol. The van der Waals surface area contributed by atoms with Crippen molar-refractivity contribution in [3.05, 3.63) is 35.9 Å².